The lowest BCUT2D eigenvalue weighted by Gasteiger charge is -2.43. The zero-order chi connectivity index (χ0) is 14.2. The van der Waals surface area contributed by atoms with E-state index in [1.807, 2.05) is 6.07 Å². The molecule has 4 heteroatoms. The maximum atomic E-state index is 9.67. The summed E-state index contributed by atoms with van der Waals surface area (Å²) in [6, 6.07) is 7.35. The van der Waals surface area contributed by atoms with Crippen LogP contribution in [0.3, 0.4) is 0 Å². The van der Waals surface area contributed by atoms with Gasteiger partial charge in [-0.2, -0.15) is 0 Å². The first-order valence-corrected chi connectivity index (χ1v) is 7.64. The summed E-state index contributed by atoms with van der Waals surface area (Å²) in [5, 5.41) is 9.67. The molecule has 1 aliphatic rings. The molecule has 106 valence electrons. The molecule has 0 aromatic heterocycles. The summed E-state index contributed by atoms with van der Waals surface area (Å²) in [7, 11) is 2.19. The molecule has 1 saturated heterocycles. The van der Waals surface area contributed by atoms with Crippen LogP contribution in [-0.2, 0) is 0 Å². The molecule has 0 amide bonds. The molecular weight excluding hydrogens is 304 g/mol. The van der Waals surface area contributed by atoms with Crippen LogP contribution in [0.5, 0.6) is 0 Å². The minimum atomic E-state index is -0.436. The Morgan fingerprint density at radius 2 is 1.84 bits per heavy atom. The van der Waals surface area contributed by atoms with Crippen molar-refractivity contribution in [1.29, 1.82) is 0 Å². The number of halogens is 1. The largest absolute Gasteiger partial charge is 0.389 e. The zero-order valence-corrected chi connectivity index (χ0v) is 13.7. The SMILES string of the molecule is CC(O)c1ccc(N2CC(C)N(C)C(C)C2)cc1Br. The number of piperazine rings is 1. The Bertz CT molecular complexity index is 438. The lowest BCUT2D eigenvalue weighted by Crippen LogP contribution is -2.55. The highest BCUT2D eigenvalue weighted by Crippen LogP contribution is 2.29. The molecule has 1 N–H and O–H groups in total. The number of benzene rings is 1. The average Bonchev–Trinajstić information content (AvgIpc) is 2.34. The molecule has 0 saturated carbocycles. The minimum Gasteiger partial charge on any atom is -0.389 e. The van der Waals surface area contributed by atoms with Crippen LogP contribution in [0.25, 0.3) is 0 Å². The van der Waals surface area contributed by atoms with Gasteiger partial charge in [-0.3, -0.25) is 4.90 Å². The van der Waals surface area contributed by atoms with Gasteiger partial charge in [0, 0.05) is 35.3 Å². The molecule has 1 heterocycles. The number of anilines is 1. The number of nitrogens with zero attached hydrogens (tertiary/aromatic N) is 2. The first kappa shape index (κ1) is 14.8. The molecule has 0 bridgehead atoms. The zero-order valence-electron chi connectivity index (χ0n) is 12.1. The van der Waals surface area contributed by atoms with Gasteiger partial charge in [0.15, 0.2) is 0 Å². The first-order chi connectivity index (χ1) is 8.90. The maximum Gasteiger partial charge on any atom is 0.0772 e. The minimum absolute atomic E-state index is 0.436. The van der Waals surface area contributed by atoms with Crippen molar-refractivity contribution in [2.75, 3.05) is 25.0 Å². The number of aliphatic hydroxyl groups is 1. The van der Waals surface area contributed by atoms with Crippen LogP contribution in [-0.4, -0.2) is 42.2 Å². The standard InChI is InChI=1S/C15H23BrN2O/c1-10-8-18(9-11(2)17(10)4)13-5-6-14(12(3)19)15(16)7-13/h5-7,10-12,19H,8-9H2,1-4H3. The summed E-state index contributed by atoms with van der Waals surface area (Å²) < 4.78 is 0.985. The normalized spacial score (nSPS) is 26.5. The molecule has 19 heavy (non-hydrogen) atoms. The monoisotopic (exact) mass is 326 g/mol. The Balaban J connectivity index is 2.21. The Morgan fingerprint density at radius 3 is 2.32 bits per heavy atom. The van der Waals surface area contributed by atoms with Gasteiger partial charge >= 0.3 is 0 Å². The van der Waals surface area contributed by atoms with Crippen molar-refractivity contribution in [3.8, 4) is 0 Å². The Morgan fingerprint density at radius 1 is 1.26 bits per heavy atom. The van der Waals surface area contributed by atoms with Crippen molar-refractivity contribution in [2.45, 2.75) is 39.0 Å². The van der Waals surface area contributed by atoms with Gasteiger partial charge in [-0.25, -0.2) is 0 Å². The summed E-state index contributed by atoms with van der Waals surface area (Å²) in [5.41, 5.74) is 2.17. The molecule has 0 spiro atoms. The Labute approximate surface area is 124 Å². The van der Waals surface area contributed by atoms with Gasteiger partial charge in [-0.05, 0) is 45.5 Å². The summed E-state index contributed by atoms with van der Waals surface area (Å²) in [5.74, 6) is 0. The topological polar surface area (TPSA) is 26.7 Å². The molecule has 3 unspecified atom stereocenters. The number of hydrogen-bond acceptors (Lipinski definition) is 3. The van der Waals surface area contributed by atoms with E-state index in [-0.39, 0.29) is 0 Å². The smallest absolute Gasteiger partial charge is 0.0772 e. The maximum absolute atomic E-state index is 9.67. The second kappa shape index (κ2) is 5.81. The highest BCUT2D eigenvalue weighted by molar-refractivity contribution is 9.10. The fourth-order valence-corrected chi connectivity index (χ4v) is 3.36. The molecule has 1 aromatic carbocycles. The predicted octanol–water partition coefficient (Wildman–Crippen LogP) is 3.03. The second-order valence-corrected chi connectivity index (χ2v) is 6.50. The highest BCUT2D eigenvalue weighted by Gasteiger charge is 2.26. The number of rotatable bonds is 2. The fourth-order valence-electron chi connectivity index (χ4n) is 2.67. The van der Waals surface area contributed by atoms with Crippen LogP contribution in [0, 0.1) is 0 Å². The van der Waals surface area contributed by atoms with Gasteiger partial charge in [0.1, 0.15) is 0 Å². The average molecular weight is 327 g/mol. The molecule has 1 aliphatic heterocycles. The third kappa shape index (κ3) is 3.12. The number of likely N-dealkylation sites (N-methyl/N-ethyl adjacent to an activating group) is 1. The Kier molecular flexibility index (Phi) is 4.54. The molecule has 1 aromatic rings. The van der Waals surface area contributed by atoms with Gasteiger partial charge in [-0.15, -0.1) is 0 Å². The third-order valence-corrected chi connectivity index (χ3v) is 4.85. The van der Waals surface area contributed by atoms with Crippen LogP contribution in [0.2, 0.25) is 0 Å². The molecule has 0 aliphatic carbocycles. The fraction of sp³-hybridized carbons (Fsp3) is 0.600. The summed E-state index contributed by atoms with van der Waals surface area (Å²) in [4.78, 5) is 4.85. The van der Waals surface area contributed by atoms with Gasteiger partial charge in [0.2, 0.25) is 0 Å². The molecule has 3 nitrogen and oxygen atoms in total. The van der Waals surface area contributed by atoms with Gasteiger partial charge in [0.25, 0.3) is 0 Å². The summed E-state index contributed by atoms with van der Waals surface area (Å²) >= 11 is 3.56. The number of hydrogen-bond donors (Lipinski definition) is 1. The van der Waals surface area contributed by atoms with E-state index in [2.05, 4.69) is 58.8 Å². The van der Waals surface area contributed by atoms with Gasteiger partial charge in [0.05, 0.1) is 6.10 Å². The van der Waals surface area contributed by atoms with Crippen molar-refractivity contribution < 1.29 is 5.11 Å². The van der Waals surface area contributed by atoms with Crippen LogP contribution < -0.4 is 4.90 Å². The van der Waals surface area contributed by atoms with E-state index in [1.165, 1.54) is 5.69 Å². The van der Waals surface area contributed by atoms with Crippen LogP contribution in [0.1, 0.15) is 32.4 Å². The summed E-state index contributed by atoms with van der Waals surface area (Å²) in [6.07, 6.45) is -0.436. The quantitative estimate of drug-likeness (QED) is 0.904. The lowest BCUT2D eigenvalue weighted by atomic mass is 10.1. The number of aliphatic hydroxyl groups excluding tert-OH is 1. The van der Waals surface area contributed by atoms with E-state index in [9.17, 15) is 5.11 Å². The first-order valence-electron chi connectivity index (χ1n) is 6.84. The van der Waals surface area contributed by atoms with Gasteiger partial charge in [-0.1, -0.05) is 22.0 Å². The van der Waals surface area contributed by atoms with E-state index in [0.717, 1.165) is 23.1 Å². The van der Waals surface area contributed by atoms with Crippen molar-refractivity contribution in [3.63, 3.8) is 0 Å². The summed E-state index contributed by atoms with van der Waals surface area (Å²) in [6.45, 7) is 8.41. The lowest BCUT2D eigenvalue weighted by molar-refractivity contribution is 0.170. The van der Waals surface area contributed by atoms with E-state index in [0.29, 0.717) is 12.1 Å². The van der Waals surface area contributed by atoms with Crippen molar-refractivity contribution in [1.82, 2.24) is 4.90 Å². The van der Waals surface area contributed by atoms with E-state index < -0.39 is 6.10 Å². The van der Waals surface area contributed by atoms with Crippen LogP contribution in [0.15, 0.2) is 22.7 Å². The molecule has 1 fully saturated rings. The van der Waals surface area contributed by atoms with E-state index in [1.54, 1.807) is 6.92 Å². The van der Waals surface area contributed by atoms with E-state index in [4.69, 9.17) is 0 Å². The highest BCUT2D eigenvalue weighted by atomic mass is 79.9. The van der Waals surface area contributed by atoms with Crippen molar-refractivity contribution in [2.24, 2.45) is 0 Å². The van der Waals surface area contributed by atoms with Crippen LogP contribution >= 0.6 is 15.9 Å². The molecule has 3 atom stereocenters. The third-order valence-electron chi connectivity index (χ3n) is 4.16. The van der Waals surface area contributed by atoms with Crippen molar-refractivity contribution in [3.05, 3.63) is 28.2 Å². The van der Waals surface area contributed by atoms with Crippen molar-refractivity contribution >= 4 is 21.6 Å². The molecular formula is C15H23BrN2O. The molecule has 0 radical (unpaired) electrons. The molecule has 2 rings (SSSR count). The second-order valence-electron chi connectivity index (χ2n) is 5.65. The van der Waals surface area contributed by atoms with E-state index >= 15 is 0 Å². The predicted molar refractivity (Wildman–Crippen MR) is 83.7 cm³/mol. The van der Waals surface area contributed by atoms with Crippen LogP contribution in [0.4, 0.5) is 5.69 Å². The Hall–Kier alpha value is -0.580. The van der Waals surface area contributed by atoms with Gasteiger partial charge < -0.3 is 10.0 Å².